The van der Waals surface area contributed by atoms with Gasteiger partial charge in [0, 0.05) is 42.2 Å². The van der Waals surface area contributed by atoms with E-state index >= 15 is 0 Å². The van der Waals surface area contributed by atoms with Crippen LogP contribution in [0.25, 0.3) is 11.3 Å². The molecule has 2 aromatic rings. The molecule has 2 aliphatic heterocycles. The molecule has 3 heterocycles. The summed E-state index contributed by atoms with van der Waals surface area (Å²) in [6, 6.07) is 10.3. The zero-order valence-electron chi connectivity index (χ0n) is 13.9. The van der Waals surface area contributed by atoms with Crippen molar-refractivity contribution in [2.24, 2.45) is 5.92 Å². The Balaban J connectivity index is 1.50. The van der Waals surface area contributed by atoms with Crippen LogP contribution in [-0.4, -0.2) is 47.2 Å². The molecule has 0 aliphatic carbocycles. The van der Waals surface area contributed by atoms with Crippen LogP contribution in [0.15, 0.2) is 30.3 Å². The highest BCUT2D eigenvalue weighted by Gasteiger charge is 2.28. The molecule has 1 saturated heterocycles. The number of fused-ring (bicyclic) bond motifs is 1. The van der Waals surface area contributed by atoms with Gasteiger partial charge in [0.1, 0.15) is 0 Å². The fourth-order valence-electron chi connectivity index (χ4n) is 3.86. The second kappa shape index (κ2) is 6.77. The second-order valence-electron chi connectivity index (χ2n) is 6.74. The van der Waals surface area contributed by atoms with E-state index in [4.69, 9.17) is 0 Å². The standard InChI is InChI=1S/C19H24N4O/c24-19(15-6-10-20-11-7-15)23-12-8-16-17(9-13-23)21-22-18(16)14-4-2-1-3-5-14/h1-5,15,20H,6-13H2,(H,21,22). The van der Waals surface area contributed by atoms with Gasteiger partial charge in [0.25, 0.3) is 0 Å². The lowest BCUT2D eigenvalue weighted by atomic mass is 9.96. The maximum atomic E-state index is 12.8. The fraction of sp³-hybridized carbons (Fsp3) is 0.474. The first-order valence-corrected chi connectivity index (χ1v) is 8.94. The first-order chi connectivity index (χ1) is 11.8. The molecule has 0 saturated carbocycles. The minimum Gasteiger partial charge on any atom is -0.342 e. The minimum atomic E-state index is 0.203. The number of hydrogen-bond acceptors (Lipinski definition) is 3. The van der Waals surface area contributed by atoms with E-state index in [-0.39, 0.29) is 5.92 Å². The number of hydrogen-bond donors (Lipinski definition) is 2. The Morgan fingerprint density at radius 2 is 1.83 bits per heavy atom. The zero-order chi connectivity index (χ0) is 16.4. The van der Waals surface area contributed by atoms with Gasteiger partial charge in [0.05, 0.1) is 5.69 Å². The summed E-state index contributed by atoms with van der Waals surface area (Å²) >= 11 is 0. The number of H-pyrrole nitrogens is 1. The van der Waals surface area contributed by atoms with Gasteiger partial charge in [-0.3, -0.25) is 9.89 Å². The normalized spacial score (nSPS) is 18.9. The van der Waals surface area contributed by atoms with Crippen molar-refractivity contribution in [2.45, 2.75) is 25.7 Å². The van der Waals surface area contributed by atoms with Gasteiger partial charge in [0.15, 0.2) is 0 Å². The van der Waals surface area contributed by atoms with Crippen LogP contribution in [0, 0.1) is 5.92 Å². The number of nitrogens with zero attached hydrogens (tertiary/aromatic N) is 2. The lowest BCUT2D eigenvalue weighted by molar-refractivity contribution is -0.136. The molecule has 1 amide bonds. The van der Waals surface area contributed by atoms with Gasteiger partial charge in [-0.25, -0.2) is 0 Å². The quantitative estimate of drug-likeness (QED) is 0.888. The van der Waals surface area contributed by atoms with E-state index in [2.05, 4.69) is 32.5 Å². The van der Waals surface area contributed by atoms with Crippen molar-refractivity contribution < 1.29 is 4.79 Å². The molecule has 0 atom stereocenters. The molecular formula is C19H24N4O. The van der Waals surface area contributed by atoms with Gasteiger partial charge >= 0.3 is 0 Å². The van der Waals surface area contributed by atoms with Crippen molar-refractivity contribution in [1.82, 2.24) is 20.4 Å². The molecule has 126 valence electrons. The number of rotatable bonds is 2. The topological polar surface area (TPSA) is 61.0 Å². The minimum absolute atomic E-state index is 0.203. The van der Waals surface area contributed by atoms with Crippen LogP contribution in [0.5, 0.6) is 0 Å². The average Bonchev–Trinajstić information content (AvgIpc) is 2.94. The predicted octanol–water partition coefficient (Wildman–Crippen LogP) is 2.00. The molecule has 1 fully saturated rings. The van der Waals surface area contributed by atoms with E-state index in [0.29, 0.717) is 5.91 Å². The number of carbonyl (C=O) groups is 1. The number of carbonyl (C=O) groups excluding carboxylic acids is 1. The smallest absolute Gasteiger partial charge is 0.225 e. The number of aromatic amines is 1. The Morgan fingerprint density at radius 3 is 2.62 bits per heavy atom. The van der Waals surface area contributed by atoms with Crippen molar-refractivity contribution in [3.63, 3.8) is 0 Å². The van der Waals surface area contributed by atoms with Crippen LogP contribution in [0.2, 0.25) is 0 Å². The number of aromatic nitrogens is 2. The molecule has 2 N–H and O–H groups in total. The molecule has 2 aliphatic rings. The molecule has 4 rings (SSSR count). The van der Waals surface area contributed by atoms with Crippen molar-refractivity contribution in [3.05, 3.63) is 41.6 Å². The first kappa shape index (κ1) is 15.4. The molecule has 0 radical (unpaired) electrons. The summed E-state index contributed by atoms with van der Waals surface area (Å²) in [5, 5.41) is 11.1. The van der Waals surface area contributed by atoms with E-state index < -0.39 is 0 Å². The van der Waals surface area contributed by atoms with Crippen LogP contribution in [0.3, 0.4) is 0 Å². The molecular weight excluding hydrogens is 300 g/mol. The lowest BCUT2D eigenvalue weighted by Gasteiger charge is -2.28. The summed E-state index contributed by atoms with van der Waals surface area (Å²) in [6.45, 7) is 3.53. The third-order valence-electron chi connectivity index (χ3n) is 5.26. The van der Waals surface area contributed by atoms with Crippen LogP contribution in [-0.2, 0) is 17.6 Å². The monoisotopic (exact) mass is 324 g/mol. The number of amides is 1. The SMILES string of the molecule is O=C(C1CCNCC1)N1CCc2[nH]nc(-c3ccccc3)c2CC1. The van der Waals surface area contributed by atoms with Crippen molar-refractivity contribution in [3.8, 4) is 11.3 Å². The van der Waals surface area contributed by atoms with Crippen LogP contribution in [0.4, 0.5) is 0 Å². The van der Waals surface area contributed by atoms with E-state index in [0.717, 1.165) is 63.1 Å². The van der Waals surface area contributed by atoms with Crippen LogP contribution >= 0.6 is 0 Å². The van der Waals surface area contributed by atoms with Gasteiger partial charge in [-0.1, -0.05) is 30.3 Å². The Labute approximate surface area is 142 Å². The number of piperidine rings is 1. The first-order valence-electron chi connectivity index (χ1n) is 8.94. The van der Waals surface area contributed by atoms with Crippen LogP contribution < -0.4 is 5.32 Å². The summed E-state index contributed by atoms with van der Waals surface area (Å²) in [7, 11) is 0. The highest BCUT2D eigenvalue weighted by atomic mass is 16.2. The maximum Gasteiger partial charge on any atom is 0.225 e. The van der Waals surface area contributed by atoms with Crippen molar-refractivity contribution in [2.75, 3.05) is 26.2 Å². The summed E-state index contributed by atoms with van der Waals surface area (Å²) in [4.78, 5) is 14.9. The molecule has 24 heavy (non-hydrogen) atoms. The maximum absolute atomic E-state index is 12.8. The summed E-state index contributed by atoms with van der Waals surface area (Å²) in [5.41, 5.74) is 4.66. The lowest BCUT2D eigenvalue weighted by Crippen LogP contribution is -2.42. The molecule has 1 aromatic heterocycles. The average molecular weight is 324 g/mol. The highest BCUT2D eigenvalue weighted by Crippen LogP contribution is 2.27. The largest absolute Gasteiger partial charge is 0.342 e. The number of nitrogens with one attached hydrogen (secondary N) is 2. The molecule has 5 heteroatoms. The van der Waals surface area contributed by atoms with Gasteiger partial charge in [0.2, 0.25) is 5.91 Å². The van der Waals surface area contributed by atoms with Crippen molar-refractivity contribution in [1.29, 1.82) is 0 Å². The van der Waals surface area contributed by atoms with Gasteiger partial charge in [-0.05, 0) is 32.4 Å². The van der Waals surface area contributed by atoms with Crippen molar-refractivity contribution >= 4 is 5.91 Å². The third-order valence-corrected chi connectivity index (χ3v) is 5.26. The molecule has 0 unspecified atom stereocenters. The predicted molar refractivity (Wildman–Crippen MR) is 93.6 cm³/mol. The molecule has 0 spiro atoms. The van der Waals surface area contributed by atoms with E-state index in [9.17, 15) is 4.79 Å². The fourth-order valence-corrected chi connectivity index (χ4v) is 3.86. The summed E-state index contributed by atoms with van der Waals surface area (Å²) < 4.78 is 0. The summed E-state index contributed by atoms with van der Waals surface area (Å²) in [6.07, 6.45) is 3.69. The van der Waals surface area contributed by atoms with Crippen LogP contribution in [0.1, 0.15) is 24.1 Å². The molecule has 5 nitrogen and oxygen atoms in total. The zero-order valence-corrected chi connectivity index (χ0v) is 13.9. The third kappa shape index (κ3) is 2.96. The molecule has 1 aromatic carbocycles. The molecule has 0 bridgehead atoms. The van der Waals surface area contributed by atoms with Gasteiger partial charge in [-0.15, -0.1) is 0 Å². The van der Waals surface area contributed by atoms with E-state index in [1.165, 1.54) is 11.3 Å². The van der Waals surface area contributed by atoms with E-state index in [1.54, 1.807) is 0 Å². The number of benzene rings is 1. The van der Waals surface area contributed by atoms with Gasteiger partial charge < -0.3 is 10.2 Å². The highest BCUT2D eigenvalue weighted by molar-refractivity contribution is 5.79. The Kier molecular flexibility index (Phi) is 4.34. The summed E-state index contributed by atoms with van der Waals surface area (Å²) in [5.74, 6) is 0.547. The Bertz CT molecular complexity index is 703. The second-order valence-corrected chi connectivity index (χ2v) is 6.74. The Hall–Kier alpha value is -2.14. The Morgan fingerprint density at radius 1 is 1.08 bits per heavy atom. The van der Waals surface area contributed by atoms with Gasteiger partial charge in [-0.2, -0.15) is 5.10 Å². The van der Waals surface area contributed by atoms with E-state index in [1.807, 2.05) is 18.2 Å².